The number of carbonyl (C=O) groups is 2. The third kappa shape index (κ3) is 6.49. The monoisotopic (exact) mass is 381 g/mol. The van der Waals surface area contributed by atoms with Gasteiger partial charge in [0.15, 0.2) is 0 Å². The molecule has 1 heterocycles. The number of halogens is 1. The van der Waals surface area contributed by atoms with Crippen LogP contribution in [-0.4, -0.2) is 48.3 Å². The summed E-state index contributed by atoms with van der Waals surface area (Å²) in [5, 5.41) is 1.85. The summed E-state index contributed by atoms with van der Waals surface area (Å²) in [5.41, 5.74) is 6.65. The first-order chi connectivity index (χ1) is 11.6. The van der Waals surface area contributed by atoms with Gasteiger partial charge in [-0.25, -0.2) is 0 Å². The number of likely N-dealkylation sites (N-methyl/N-ethyl adjacent to an activating group) is 1. The van der Waals surface area contributed by atoms with Gasteiger partial charge in [-0.15, -0.1) is 23.7 Å². The fourth-order valence-electron chi connectivity index (χ4n) is 2.34. The average Bonchev–Trinajstić information content (AvgIpc) is 3.13. The number of rotatable bonds is 8. The molecule has 1 aromatic carbocycles. The molecule has 0 radical (unpaired) electrons. The van der Waals surface area contributed by atoms with Gasteiger partial charge in [-0.05, 0) is 30.0 Å². The van der Waals surface area contributed by atoms with Crippen LogP contribution in [0, 0.1) is 0 Å². The fraction of sp³-hybridized carbons (Fsp3) is 0.333. The van der Waals surface area contributed by atoms with Crippen molar-refractivity contribution in [3.63, 3.8) is 0 Å². The smallest absolute Gasteiger partial charge is 0.264 e. The maximum atomic E-state index is 12.6. The van der Waals surface area contributed by atoms with Crippen molar-refractivity contribution in [1.29, 1.82) is 0 Å². The highest BCUT2D eigenvalue weighted by Gasteiger charge is 2.20. The Morgan fingerprint density at radius 3 is 2.44 bits per heavy atom. The van der Waals surface area contributed by atoms with Gasteiger partial charge in [-0.2, -0.15) is 0 Å². The molecule has 7 heteroatoms. The Kier molecular flexibility index (Phi) is 9.20. The van der Waals surface area contributed by atoms with Gasteiger partial charge in [-0.3, -0.25) is 9.59 Å². The molecule has 5 nitrogen and oxygen atoms in total. The molecule has 0 aliphatic carbocycles. The number of thiophene rings is 1. The van der Waals surface area contributed by atoms with Crippen molar-refractivity contribution < 1.29 is 9.59 Å². The van der Waals surface area contributed by atoms with Crippen LogP contribution in [0.2, 0.25) is 0 Å². The van der Waals surface area contributed by atoms with Gasteiger partial charge >= 0.3 is 0 Å². The van der Waals surface area contributed by atoms with E-state index in [1.807, 2.05) is 41.8 Å². The second kappa shape index (κ2) is 10.9. The number of hydrogen-bond donors (Lipinski definition) is 1. The number of nitrogens with two attached hydrogens (primary N) is 1. The maximum Gasteiger partial charge on any atom is 0.264 e. The van der Waals surface area contributed by atoms with Crippen LogP contribution < -0.4 is 5.73 Å². The van der Waals surface area contributed by atoms with E-state index < -0.39 is 0 Å². The van der Waals surface area contributed by atoms with Gasteiger partial charge in [0.1, 0.15) is 0 Å². The molecule has 0 aliphatic heterocycles. The minimum absolute atomic E-state index is 0. The molecule has 136 valence electrons. The van der Waals surface area contributed by atoms with Crippen LogP contribution in [0.5, 0.6) is 0 Å². The fourth-order valence-corrected chi connectivity index (χ4v) is 3.06. The minimum Gasteiger partial charge on any atom is -0.337 e. The van der Waals surface area contributed by atoms with Crippen molar-refractivity contribution >= 4 is 35.6 Å². The normalized spacial score (nSPS) is 10.0. The Balaban J connectivity index is 0.00000312. The second-order valence-corrected chi connectivity index (χ2v) is 6.53. The molecular formula is C18H24ClN3O2S. The van der Waals surface area contributed by atoms with Crippen LogP contribution in [-0.2, 0) is 11.3 Å². The van der Waals surface area contributed by atoms with E-state index in [0.29, 0.717) is 24.5 Å². The van der Waals surface area contributed by atoms with Crippen LogP contribution in [0.1, 0.15) is 21.7 Å². The molecular weight excluding hydrogens is 358 g/mol. The van der Waals surface area contributed by atoms with Crippen molar-refractivity contribution in [2.24, 2.45) is 5.73 Å². The van der Waals surface area contributed by atoms with Crippen molar-refractivity contribution in [1.82, 2.24) is 9.80 Å². The molecule has 25 heavy (non-hydrogen) atoms. The van der Waals surface area contributed by atoms with E-state index in [9.17, 15) is 9.59 Å². The first-order valence-corrected chi connectivity index (χ1v) is 8.80. The van der Waals surface area contributed by atoms with E-state index in [2.05, 4.69) is 0 Å². The SMILES string of the molecule is CN(CC(=O)N(CCCN)Cc1ccccc1)C(=O)c1cccs1.Cl. The predicted octanol–water partition coefficient (Wildman–Crippen LogP) is 2.62. The Hall–Kier alpha value is -1.89. The number of amides is 2. The van der Waals surface area contributed by atoms with E-state index in [1.54, 1.807) is 18.0 Å². The molecule has 2 N–H and O–H groups in total. The van der Waals surface area contributed by atoms with Crippen molar-refractivity contribution in [2.45, 2.75) is 13.0 Å². The summed E-state index contributed by atoms with van der Waals surface area (Å²) in [6.45, 7) is 1.71. The van der Waals surface area contributed by atoms with E-state index in [-0.39, 0.29) is 30.8 Å². The van der Waals surface area contributed by atoms with E-state index >= 15 is 0 Å². The van der Waals surface area contributed by atoms with E-state index in [0.717, 1.165) is 12.0 Å². The molecule has 0 bridgehead atoms. The lowest BCUT2D eigenvalue weighted by molar-refractivity contribution is -0.132. The van der Waals surface area contributed by atoms with Crippen LogP contribution in [0.25, 0.3) is 0 Å². The van der Waals surface area contributed by atoms with Crippen LogP contribution in [0.15, 0.2) is 47.8 Å². The van der Waals surface area contributed by atoms with Crippen LogP contribution in [0.4, 0.5) is 0 Å². The summed E-state index contributed by atoms with van der Waals surface area (Å²) >= 11 is 1.38. The third-order valence-corrected chi connectivity index (χ3v) is 4.51. The highest BCUT2D eigenvalue weighted by molar-refractivity contribution is 7.12. The Morgan fingerprint density at radius 1 is 1.12 bits per heavy atom. The summed E-state index contributed by atoms with van der Waals surface area (Å²) in [4.78, 5) is 28.8. The lowest BCUT2D eigenvalue weighted by atomic mass is 10.2. The van der Waals surface area contributed by atoms with Gasteiger partial charge in [0.2, 0.25) is 5.91 Å². The quantitative estimate of drug-likeness (QED) is 0.764. The highest BCUT2D eigenvalue weighted by atomic mass is 35.5. The summed E-state index contributed by atoms with van der Waals surface area (Å²) in [5.74, 6) is -0.198. The number of hydrogen-bond acceptors (Lipinski definition) is 4. The van der Waals surface area contributed by atoms with Crippen LogP contribution >= 0.6 is 23.7 Å². The predicted molar refractivity (Wildman–Crippen MR) is 104 cm³/mol. The van der Waals surface area contributed by atoms with E-state index in [4.69, 9.17) is 5.73 Å². The summed E-state index contributed by atoms with van der Waals surface area (Å²) in [6.07, 6.45) is 0.737. The molecule has 0 spiro atoms. The minimum atomic E-state index is -0.128. The lowest BCUT2D eigenvalue weighted by Crippen LogP contribution is -2.41. The number of carbonyl (C=O) groups excluding carboxylic acids is 2. The lowest BCUT2D eigenvalue weighted by Gasteiger charge is -2.25. The first kappa shape index (κ1) is 21.2. The first-order valence-electron chi connectivity index (χ1n) is 7.92. The van der Waals surface area contributed by atoms with Gasteiger partial charge in [0.05, 0.1) is 11.4 Å². The molecule has 1 aromatic heterocycles. The number of nitrogens with zero attached hydrogens (tertiary/aromatic N) is 2. The molecule has 0 saturated heterocycles. The van der Waals surface area contributed by atoms with E-state index in [1.165, 1.54) is 16.2 Å². The summed E-state index contributed by atoms with van der Waals surface area (Å²) < 4.78 is 0. The zero-order chi connectivity index (χ0) is 17.4. The second-order valence-electron chi connectivity index (χ2n) is 5.58. The standard InChI is InChI=1S/C18H23N3O2S.ClH/c1-20(18(23)16-9-5-12-24-16)14-17(22)21(11-6-10-19)13-15-7-3-2-4-8-15;/h2-5,7-9,12H,6,10-11,13-14,19H2,1H3;1H. The Labute approximate surface area is 158 Å². The van der Waals surface area contributed by atoms with Crippen molar-refractivity contribution in [3.8, 4) is 0 Å². The molecule has 0 aliphatic rings. The maximum absolute atomic E-state index is 12.6. The molecule has 2 amide bonds. The topological polar surface area (TPSA) is 66.6 Å². The largest absolute Gasteiger partial charge is 0.337 e. The van der Waals surface area contributed by atoms with Crippen molar-refractivity contribution in [3.05, 3.63) is 58.3 Å². The molecule has 0 fully saturated rings. The van der Waals surface area contributed by atoms with Gasteiger partial charge in [0.25, 0.3) is 5.91 Å². The van der Waals surface area contributed by atoms with Gasteiger partial charge < -0.3 is 15.5 Å². The Morgan fingerprint density at radius 2 is 1.84 bits per heavy atom. The molecule has 2 rings (SSSR count). The highest BCUT2D eigenvalue weighted by Crippen LogP contribution is 2.12. The van der Waals surface area contributed by atoms with Gasteiger partial charge in [-0.1, -0.05) is 36.4 Å². The van der Waals surface area contributed by atoms with Crippen molar-refractivity contribution in [2.75, 3.05) is 26.7 Å². The number of benzene rings is 1. The van der Waals surface area contributed by atoms with Crippen LogP contribution in [0.3, 0.4) is 0 Å². The molecule has 0 saturated carbocycles. The summed E-state index contributed by atoms with van der Waals surface area (Å²) in [6, 6.07) is 13.4. The summed E-state index contributed by atoms with van der Waals surface area (Å²) in [7, 11) is 1.66. The third-order valence-electron chi connectivity index (χ3n) is 3.65. The molecule has 2 aromatic rings. The van der Waals surface area contributed by atoms with Gasteiger partial charge in [0, 0.05) is 20.1 Å². The molecule has 0 atom stereocenters. The zero-order valence-electron chi connectivity index (χ0n) is 14.3. The molecule has 0 unspecified atom stereocenters. The average molecular weight is 382 g/mol. The Bertz CT molecular complexity index is 650. The zero-order valence-corrected chi connectivity index (χ0v) is 15.9.